The van der Waals surface area contributed by atoms with Crippen molar-refractivity contribution in [2.45, 2.75) is 25.7 Å². The Kier molecular flexibility index (Phi) is 8.40. The number of rotatable bonds is 7. The summed E-state index contributed by atoms with van der Waals surface area (Å²) < 4.78 is 5.79. The van der Waals surface area contributed by atoms with E-state index in [1.54, 1.807) is 49.4 Å². The zero-order valence-corrected chi connectivity index (χ0v) is 28.7. The summed E-state index contributed by atoms with van der Waals surface area (Å²) in [4.78, 5) is 58.5. The Bertz CT molecular complexity index is 2030. The van der Waals surface area contributed by atoms with Crippen LogP contribution in [0.15, 0.2) is 110 Å². The van der Waals surface area contributed by atoms with E-state index in [0.29, 0.717) is 29.2 Å². The largest absolute Gasteiger partial charge is 0.504 e. The fraction of sp³-hybridized carbons (Fsp3) is 0.263. The van der Waals surface area contributed by atoms with Gasteiger partial charge in [-0.3, -0.25) is 24.1 Å². The molecule has 1 heterocycles. The van der Waals surface area contributed by atoms with Gasteiger partial charge in [0.25, 0.3) is 0 Å². The predicted octanol–water partition coefficient (Wildman–Crippen LogP) is 7.24. The molecule has 0 radical (unpaired) electrons. The van der Waals surface area contributed by atoms with Crippen LogP contribution in [0.25, 0.3) is 0 Å². The molecule has 1 N–H and O–H groups in total. The number of hydrogen-bond donors (Lipinski definition) is 1. The third kappa shape index (κ3) is 5.51. The van der Waals surface area contributed by atoms with Crippen LogP contribution in [0.1, 0.15) is 31.2 Å². The van der Waals surface area contributed by atoms with Gasteiger partial charge >= 0.3 is 0 Å². The fourth-order valence-corrected chi connectivity index (χ4v) is 7.91. The maximum absolute atomic E-state index is 14.3. The number of halogens is 1. The number of nitrogens with zero attached hydrogens (tertiary/aromatic N) is 4. The van der Waals surface area contributed by atoms with Gasteiger partial charge in [-0.1, -0.05) is 23.8 Å². The summed E-state index contributed by atoms with van der Waals surface area (Å²) in [6, 6.07) is 19.5. The van der Waals surface area contributed by atoms with E-state index in [1.165, 1.54) is 11.0 Å². The van der Waals surface area contributed by atoms with Crippen molar-refractivity contribution in [3.63, 3.8) is 0 Å². The lowest BCUT2D eigenvalue weighted by atomic mass is 9.59. The Morgan fingerprint density at radius 3 is 2.24 bits per heavy atom. The zero-order valence-electron chi connectivity index (χ0n) is 27.1. The molecule has 0 unspecified atom stereocenters. The smallest absolute Gasteiger partial charge is 0.238 e. The van der Waals surface area contributed by atoms with E-state index in [2.05, 4.69) is 26.2 Å². The van der Waals surface area contributed by atoms with E-state index >= 15 is 0 Å². The first-order valence-electron chi connectivity index (χ1n) is 16.1. The number of ketones is 2. The van der Waals surface area contributed by atoms with Gasteiger partial charge in [-0.2, -0.15) is 10.2 Å². The average molecular weight is 722 g/mol. The molecule has 0 bridgehead atoms. The highest BCUT2D eigenvalue weighted by Crippen LogP contribution is 2.57. The molecular formula is C38H33BrN4O6. The highest BCUT2D eigenvalue weighted by Gasteiger charge is 2.57. The second-order valence-corrected chi connectivity index (χ2v) is 13.5. The molecule has 3 aliphatic carbocycles. The first-order valence-corrected chi connectivity index (χ1v) is 16.9. The lowest BCUT2D eigenvalue weighted by Crippen LogP contribution is -2.39. The van der Waals surface area contributed by atoms with Crippen molar-refractivity contribution in [3.05, 3.63) is 106 Å². The Balaban J connectivity index is 1.21. The SMILES string of the molecule is CCOc1cccc([C@H]2C3=CC[C@@H]4C(=O)N(c5ccc(N=Nc6ccc(N(C)C)cc6)cc5)C(=O)[C@@H]4[C@@H]3CC3=C2C(=O)C=C(Br)C3=O)c1O. The molecule has 7 rings (SSSR count). The number of amides is 2. The summed E-state index contributed by atoms with van der Waals surface area (Å²) in [5, 5.41) is 20.0. The zero-order chi connectivity index (χ0) is 34.6. The Morgan fingerprint density at radius 1 is 0.918 bits per heavy atom. The van der Waals surface area contributed by atoms with E-state index in [4.69, 9.17) is 4.74 Å². The molecule has 3 aromatic carbocycles. The van der Waals surface area contributed by atoms with Crippen LogP contribution in [0.3, 0.4) is 0 Å². The molecule has 1 fully saturated rings. The number of carbonyl (C=O) groups excluding carboxylic acids is 4. The molecule has 49 heavy (non-hydrogen) atoms. The number of para-hydroxylation sites is 1. The predicted molar refractivity (Wildman–Crippen MR) is 188 cm³/mol. The van der Waals surface area contributed by atoms with Gasteiger partial charge in [0, 0.05) is 48.5 Å². The summed E-state index contributed by atoms with van der Waals surface area (Å²) in [6.07, 6.45) is 3.59. The maximum Gasteiger partial charge on any atom is 0.238 e. The minimum atomic E-state index is -0.788. The number of carbonyl (C=O) groups is 4. The van der Waals surface area contributed by atoms with Crippen molar-refractivity contribution in [2.75, 3.05) is 30.5 Å². The van der Waals surface area contributed by atoms with Crippen LogP contribution < -0.4 is 14.5 Å². The number of phenolic OH excluding ortho intramolecular Hbond substituents is 1. The first kappa shape index (κ1) is 32.4. The molecular weight excluding hydrogens is 688 g/mol. The maximum atomic E-state index is 14.3. The van der Waals surface area contributed by atoms with Gasteiger partial charge in [0.05, 0.1) is 40.0 Å². The second-order valence-electron chi connectivity index (χ2n) is 12.7. The lowest BCUT2D eigenvalue weighted by Gasteiger charge is -2.42. The van der Waals surface area contributed by atoms with Gasteiger partial charge < -0.3 is 14.7 Å². The van der Waals surface area contributed by atoms with Crippen molar-refractivity contribution in [1.82, 2.24) is 0 Å². The topological polar surface area (TPSA) is 129 Å². The number of ether oxygens (including phenoxy) is 1. The number of azo groups is 1. The van der Waals surface area contributed by atoms with Crippen LogP contribution in [0.4, 0.5) is 22.7 Å². The van der Waals surface area contributed by atoms with Crippen LogP contribution in [0, 0.1) is 17.8 Å². The number of hydrogen-bond acceptors (Lipinski definition) is 9. The molecule has 10 nitrogen and oxygen atoms in total. The molecule has 1 aliphatic heterocycles. The number of phenols is 1. The van der Waals surface area contributed by atoms with Gasteiger partial charge in [-0.25, -0.2) is 0 Å². The van der Waals surface area contributed by atoms with E-state index in [1.807, 2.05) is 49.3 Å². The second kappa shape index (κ2) is 12.7. The fourth-order valence-electron chi connectivity index (χ4n) is 7.46. The summed E-state index contributed by atoms with van der Waals surface area (Å²) in [6.45, 7) is 2.12. The normalized spacial score (nSPS) is 23.3. The number of fused-ring (bicyclic) bond motifs is 3. The molecule has 3 aromatic rings. The van der Waals surface area contributed by atoms with Crippen LogP contribution in [-0.2, 0) is 19.2 Å². The van der Waals surface area contributed by atoms with E-state index in [-0.39, 0.29) is 63.4 Å². The van der Waals surface area contributed by atoms with Crippen LogP contribution in [0.2, 0.25) is 0 Å². The Hall–Kier alpha value is -5.16. The average Bonchev–Trinajstić information content (AvgIpc) is 3.36. The van der Waals surface area contributed by atoms with Crippen molar-refractivity contribution >= 4 is 62.1 Å². The van der Waals surface area contributed by atoms with Gasteiger partial charge in [0.15, 0.2) is 23.1 Å². The number of aromatic hydroxyl groups is 1. The molecule has 0 aromatic heterocycles. The monoisotopic (exact) mass is 720 g/mol. The standard InChI is InChI=1S/C38H33BrN4O6/c1-4-49-31-7-5-6-25(36(31)46)32-24-16-17-26-33(27(24)18-28-34(32)30(44)19-29(39)35(28)45)38(48)43(37(26)47)23-14-10-21(11-15-23)41-40-20-8-12-22(13-9-20)42(2)3/h5-16,19,26-27,32-33,46H,4,17-18H2,1-3H3/t26-,27+,32+,33-/m0/s1. The molecule has 4 atom stereocenters. The Morgan fingerprint density at radius 2 is 1.59 bits per heavy atom. The Labute approximate surface area is 291 Å². The number of allylic oxidation sites excluding steroid dienone is 6. The summed E-state index contributed by atoms with van der Waals surface area (Å²) in [7, 11) is 3.92. The third-order valence-corrected chi connectivity index (χ3v) is 10.3. The van der Waals surface area contributed by atoms with Gasteiger partial charge in [0.2, 0.25) is 11.8 Å². The third-order valence-electron chi connectivity index (χ3n) is 9.73. The molecule has 11 heteroatoms. The van der Waals surface area contributed by atoms with Crippen LogP contribution in [-0.4, -0.2) is 49.2 Å². The lowest BCUT2D eigenvalue weighted by molar-refractivity contribution is -0.123. The molecule has 0 spiro atoms. The van der Waals surface area contributed by atoms with Gasteiger partial charge in [-0.15, -0.1) is 0 Å². The van der Waals surface area contributed by atoms with Gasteiger partial charge in [-0.05, 0) is 96.2 Å². The van der Waals surface area contributed by atoms with Crippen LogP contribution >= 0.6 is 15.9 Å². The number of Topliss-reactive ketones (excluding diaryl/α,β-unsaturated/α-hetero) is 1. The van der Waals surface area contributed by atoms with Crippen molar-refractivity contribution in [2.24, 2.45) is 28.0 Å². The van der Waals surface area contributed by atoms with E-state index in [9.17, 15) is 24.3 Å². The first-order chi connectivity index (χ1) is 23.6. The summed E-state index contributed by atoms with van der Waals surface area (Å²) >= 11 is 3.25. The summed E-state index contributed by atoms with van der Waals surface area (Å²) in [5.41, 5.74) is 4.44. The number of imide groups is 1. The minimum absolute atomic E-state index is 0.125. The molecule has 4 aliphatic rings. The molecule has 2 amide bonds. The summed E-state index contributed by atoms with van der Waals surface area (Å²) in [5.74, 6) is -3.94. The number of anilines is 2. The van der Waals surface area contributed by atoms with E-state index < -0.39 is 23.7 Å². The molecule has 0 saturated carbocycles. The number of benzene rings is 3. The van der Waals surface area contributed by atoms with Crippen molar-refractivity contribution < 1.29 is 29.0 Å². The minimum Gasteiger partial charge on any atom is -0.504 e. The van der Waals surface area contributed by atoms with E-state index in [0.717, 1.165) is 11.3 Å². The highest BCUT2D eigenvalue weighted by molar-refractivity contribution is 9.12. The quantitative estimate of drug-likeness (QED) is 0.118. The molecule has 248 valence electrons. The van der Waals surface area contributed by atoms with Gasteiger partial charge in [0.1, 0.15) is 0 Å². The van der Waals surface area contributed by atoms with Crippen molar-refractivity contribution in [3.8, 4) is 11.5 Å². The van der Waals surface area contributed by atoms with Crippen LogP contribution in [0.5, 0.6) is 11.5 Å². The molecule has 1 saturated heterocycles. The van der Waals surface area contributed by atoms with Crippen molar-refractivity contribution in [1.29, 1.82) is 0 Å². The highest BCUT2D eigenvalue weighted by atomic mass is 79.9.